The Labute approximate surface area is 198 Å². The molecule has 33 heavy (non-hydrogen) atoms. The fourth-order valence-electron chi connectivity index (χ4n) is 5.00. The second-order valence-corrected chi connectivity index (χ2v) is 9.26. The average Bonchev–Trinajstić information content (AvgIpc) is 2.94. The van der Waals surface area contributed by atoms with Gasteiger partial charge in [-0.3, -0.25) is 14.5 Å². The Kier molecular flexibility index (Phi) is 5.55. The number of allylic oxidation sites excluding steroid dienone is 1. The summed E-state index contributed by atoms with van der Waals surface area (Å²) in [6, 6.07) is 23.0. The summed E-state index contributed by atoms with van der Waals surface area (Å²) in [5.74, 6) is 0.00944. The number of carbonyl (C=O) groups is 2. The van der Waals surface area contributed by atoms with E-state index >= 15 is 0 Å². The molecule has 0 fully saturated rings. The number of ketones is 1. The van der Waals surface area contributed by atoms with E-state index in [2.05, 4.69) is 36.5 Å². The first-order valence-corrected chi connectivity index (χ1v) is 11.5. The van der Waals surface area contributed by atoms with Gasteiger partial charge in [-0.1, -0.05) is 65.7 Å². The number of carbonyl (C=O) groups excluding carboxylic acids is 2. The summed E-state index contributed by atoms with van der Waals surface area (Å²) in [6.07, 6.45) is 1.10. The Morgan fingerprint density at radius 2 is 1.73 bits per heavy atom. The van der Waals surface area contributed by atoms with Gasteiger partial charge in [0.25, 0.3) is 0 Å². The molecule has 0 spiro atoms. The van der Waals surface area contributed by atoms with Crippen LogP contribution in [0.1, 0.15) is 48.4 Å². The fraction of sp³-hybridized carbons (Fsp3) is 0.214. The number of anilines is 2. The molecule has 1 amide bonds. The molecule has 4 nitrogen and oxygen atoms in total. The number of Topliss-reactive ketones (excluding diaryl/α,β-unsaturated/α-hetero) is 1. The van der Waals surface area contributed by atoms with Crippen molar-refractivity contribution < 1.29 is 9.59 Å². The van der Waals surface area contributed by atoms with Gasteiger partial charge in [0.1, 0.15) is 0 Å². The van der Waals surface area contributed by atoms with Crippen LogP contribution in [-0.2, 0) is 9.59 Å². The molecule has 1 heterocycles. The number of hydrogen-bond donors (Lipinski definition) is 1. The van der Waals surface area contributed by atoms with Gasteiger partial charge >= 0.3 is 0 Å². The highest BCUT2D eigenvalue weighted by molar-refractivity contribution is 6.30. The van der Waals surface area contributed by atoms with E-state index in [0.29, 0.717) is 23.4 Å². The van der Waals surface area contributed by atoms with Crippen molar-refractivity contribution in [3.63, 3.8) is 0 Å². The number of para-hydroxylation sites is 2. The highest BCUT2D eigenvalue weighted by Crippen LogP contribution is 2.47. The van der Waals surface area contributed by atoms with Crippen LogP contribution in [0.2, 0.25) is 5.02 Å². The van der Waals surface area contributed by atoms with Gasteiger partial charge in [-0.15, -0.1) is 0 Å². The lowest BCUT2D eigenvalue weighted by molar-refractivity contribution is -0.117. The van der Waals surface area contributed by atoms with Crippen LogP contribution in [0.4, 0.5) is 11.4 Å². The highest BCUT2D eigenvalue weighted by Gasteiger charge is 2.40. The maximum atomic E-state index is 13.8. The van der Waals surface area contributed by atoms with Gasteiger partial charge in [-0.05, 0) is 54.7 Å². The molecule has 0 saturated carbocycles. The third-order valence-corrected chi connectivity index (χ3v) is 6.78. The van der Waals surface area contributed by atoms with Crippen LogP contribution >= 0.6 is 11.6 Å². The van der Waals surface area contributed by atoms with Crippen molar-refractivity contribution in [3.8, 4) is 0 Å². The van der Waals surface area contributed by atoms with Crippen molar-refractivity contribution in [2.24, 2.45) is 0 Å². The number of benzene rings is 3. The number of halogens is 1. The third kappa shape index (κ3) is 3.96. The smallest absolute Gasteiger partial charge is 0.224 e. The molecule has 166 valence electrons. The van der Waals surface area contributed by atoms with Gasteiger partial charge in [0, 0.05) is 29.6 Å². The van der Waals surface area contributed by atoms with Crippen molar-refractivity contribution in [1.29, 1.82) is 0 Å². The van der Waals surface area contributed by atoms with Crippen LogP contribution in [-0.4, -0.2) is 11.7 Å². The first-order chi connectivity index (χ1) is 15.9. The van der Waals surface area contributed by atoms with E-state index in [4.69, 9.17) is 11.6 Å². The Hall–Kier alpha value is -3.37. The molecule has 5 heteroatoms. The summed E-state index contributed by atoms with van der Waals surface area (Å²) in [5, 5.41) is 4.11. The summed E-state index contributed by atoms with van der Waals surface area (Å²) in [6.45, 7) is 3.61. The molecule has 0 bridgehead atoms. The van der Waals surface area contributed by atoms with E-state index in [1.165, 1.54) is 5.56 Å². The first kappa shape index (κ1) is 21.5. The molecule has 1 aliphatic carbocycles. The number of rotatable bonds is 2. The van der Waals surface area contributed by atoms with E-state index < -0.39 is 6.04 Å². The van der Waals surface area contributed by atoms with Gasteiger partial charge in [0.15, 0.2) is 5.78 Å². The standard InChI is InChI=1S/C28H25ClN2O2/c1-17-10-12-19(13-11-17)21-15-24-27(26(33)16-21)28(20-6-5-7-22(29)14-20)31(18(2)32)25-9-4-3-8-23(25)30-24/h3-14,21,28,30H,15-16H2,1-2H3/t21-,28-/m0/s1. The quantitative estimate of drug-likeness (QED) is 0.474. The third-order valence-electron chi connectivity index (χ3n) is 6.54. The predicted molar refractivity (Wildman–Crippen MR) is 133 cm³/mol. The number of nitrogens with one attached hydrogen (secondary N) is 1. The first-order valence-electron chi connectivity index (χ1n) is 11.2. The van der Waals surface area contributed by atoms with E-state index in [9.17, 15) is 9.59 Å². The van der Waals surface area contributed by atoms with Crippen molar-refractivity contribution >= 4 is 34.7 Å². The van der Waals surface area contributed by atoms with Gasteiger partial charge < -0.3 is 5.32 Å². The topological polar surface area (TPSA) is 49.4 Å². The summed E-state index contributed by atoms with van der Waals surface area (Å²) in [5.41, 5.74) is 6.27. The molecule has 1 aliphatic heterocycles. The van der Waals surface area contributed by atoms with Crippen molar-refractivity contribution in [2.75, 3.05) is 10.2 Å². The van der Waals surface area contributed by atoms with Gasteiger partial charge in [-0.2, -0.15) is 0 Å². The van der Waals surface area contributed by atoms with Crippen LogP contribution in [0.25, 0.3) is 0 Å². The second-order valence-electron chi connectivity index (χ2n) is 8.82. The Morgan fingerprint density at radius 3 is 2.45 bits per heavy atom. The monoisotopic (exact) mass is 456 g/mol. The molecular weight excluding hydrogens is 432 g/mol. The van der Waals surface area contributed by atoms with Crippen molar-refractivity contribution in [3.05, 3.63) is 106 Å². The van der Waals surface area contributed by atoms with Crippen molar-refractivity contribution in [1.82, 2.24) is 0 Å². The van der Waals surface area contributed by atoms with E-state index in [0.717, 1.165) is 28.2 Å². The molecule has 0 radical (unpaired) electrons. The molecule has 0 unspecified atom stereocenters. The van der Waals surface area contributed by atoms with E-state index in [1.54, 1.807) is 17.9 Å². The zero-order valence-corrected chi connectivity index (χ0v) is 19.4. The van der Waals surface area contributed by atoms with Crippen molar-refractivity contribution in [2.45, 2.75) is 38.6 Å². The van der Waals surface area contributed by atoms with Crippen LogP contribution in [0.3, 0.4) is 0 Å². The Balaban J connectivity index is 1.70. The number of nitrogens with zero attached hydrogens (tertiary/aromatic N) is 1. The van der Waals surface area contributed by atoms with Crippen LogP contribution in [0, 0.1) is 6.92 Å². The molecule has 2 atom stereocenters. The number of fused-ring (bicyclic) bond motifs is 1. The molecule has 5 rings (SSSR count). The van der Waals surface area contributed by atoms with Gasteiger partial charge in [0.2, 0.25) is 5.91 Å². The van der Waals surface area contributed by atoms with Crippen LogP contribution in [0.15, 0.2) is 84.1 Å². The molecule has 0 saturated heterocycles. The largest absolute Gasteiger partial charge is 0.357 e. The molecule has 0 aromatic heterocycles. The van der Waals surface area contributed by atoms with E-state index in [-0.39, 0.29) is 17.6 Å². The lowest BCUT2D eigenvalue weighted by Gasteiger charge is -2.34. The summed E-state index contributed by atoms with van der Waals surface area (Å²) in [4.78, 5) is 28.5. The number of amides is 1. The molecule has 2 aliphatic rings. The lowest BCUT2D eigenvalue weighted by Crippen LogP contribution is -2.37. The average molecular weight is 457 g/mol. The Morgan fingerprint density at radius 1 is 0.970 bits per heavy atom. The van der Waals surface area contributed by atoms with Gasteiger partial charge in [0.05, 0.1) is 17.4 Å². The zero-order valence-electron chi connectivity index (χ0n) is 18.6. The van der Waals surface area contributed by atoms with Gasteiger partial charge in [-0.25, -0.2) is 0 Å². The summed E-state index contributed by atoms with van der Waals surface area (Å²) >= 11 is 6.34. The number of aryl methyl sites for hydroxylation is 1. The lowest BCUT2D eigenvalue weighted by atomic mass is 9.78. The molecule has 3 aromatic carbocycles. The SMILES string of the molecule is CC(=O)N1c2ccccc2NC2=C(C(=O)C[C@@H](c3ccc(C)cc3)C2)[C@@H]1c1cccc(Cl)c1. The predicted octanol–water partition coefficient (Wildman–Crippen LogP) is 6.57. The fourth-order valence-corrected chi connectivity index (χ4v) is 5.20. The Bertz CT molecular complexity index is 1280. The van der Waals surface area contributed by atoms with Crippen LogP contribution < -0.4 is 10.2 Å². The maximum Gasteiger partial charge on any atom is 0.224 e. The molecular formula is C28H25ClN2O2. The normalized spacial score (nSPS) is 20.0. The molecule has 3 aromatic rings. The van der Waals surface area contributed by atoms with Crippen LogP contribution in [0.5, 0.6) is 0 Å². The minimum absolute atomic E-state index is 0.0540. The van der Waals surface area contributed by atoms with E-state index in [1.807, 2.05) is 42.5 Å². The molecule has 1 N–H and O–H groups in total. The summed E-state index contributed by atoms with van der Waals surface area (Å²) in [7, 11) is 0. The highest BCUT2D eigenvalue weighted by atomic mass is 35.5. The summed E-state index contributed by atoms with van der Waals surface area (Å²) < 4.78 is 0. The second kappa shape index (κ2) is 8.53. The zero-order chi connectivity index (χ0) is 23.1. The minimum atomic E-state index is -0.543. The minimum Gasteiger partial charge on any atom is -0.357 e. The maximum absolute atomic E-state index is 13.8. The number of hydrogen-bond acceptors (Lipinski definition) is 3.